The van der Waals surface area contributed by atoms with E-state index in [0.717, 1.165) is 11.3 Å². The van der Waals surface area contributed by atoms with E-state index in [9.17, 15) is 9.59 Å². The van der Waals surface area contributed by atoms with E-state index in [0.29, 0.717) is 22.6 Å². The number of hydrogen-bond donors (Lipinski definition) is 0. The van der Waals surface area contributed by atoms with Crippen LogP contribution in [0.2, 0.25) is 0 Å². The van der Waals surface area contributed by atoms with Crippen molar-refractivity contribution in [3.8, 4) is 17.2 Å². The number of methoxy groups -OCH3 is 1. The molecular formula is C22H16O6. The van der Waals surface area contributed by atoms with Crippen molar-refractivity contribution in [2.75, 3.05) is 7.11 Å². The minimum Gasteiger partial charge on any atom is -0.497 e. The van der Waals surface area contributed by atoms with Crippen molar-refractivity contribution >= 4 is 17.8 Å². The molecule has 0 atom stereocenters. The molecule has 4 rings (SSSR count). The first-order valence-corrected chi connectivity index (χ1v) is 8.54. The number of rotatable bonds is 4. The van der Waals surface area contributed by atoms with Gasteiger partial charge in [0.2, 0.25) is 11.5 Å². The van der Waals surface area contributed by atoms with E-state index in [1.807, 2.05) is 12.1 Å². The Morgan fingerprint density at radius 1 is 1.07 bits per heavy atom. The third-order valence-electron chi connectivity index (χ3n) is 4.38. The van der Waals surface area contributed by atoms with Crippen molar-refractivity contribution in [3.63, 3.8) is 0 Å². The average molecular weight is 376 g/mol. The van der Waals surface area contributed by atoms with Gasteiger partial charge in [0, 0.05) is 5.56 Å². The predicted octanol–water partition coefficient (Wildman–Crippen LogP) is 4.43. The first kappa shape index (κ1) is 17.6. The van der Waals surface area contributed by atoms with Crippen LogP contribution in [-0.2, 0) is 0 Å². The Morgan fingerprint density at radius 2 is 1.86 bits per heavy atom. The molecular weight excluding hydrogens is 360 g/mol. The van der Waals surface area contributed by atoms with Crippen molar-refractivity contribution in [3.05, 3.63) is 83.0 Å². The van der Waals surface area contributed by atoms with E-state index in [-0.39, 0.29) is 17.3 Å². The van der Waals surface area contributed by atoms with Crippen LogP contribution in [0.5, 0.6) is 17.2 Å². The van der Waals surface area contributed by atoms with Gasteiger partial charge < -0.3 is 18.6 Å². The van der Waals surface area contributed by atoms with Gasteiger partial charge in [-0.3, -0.25) is 4.79 Å². The second-order valence-electron chi connectivity index (χ2n) is 6.15. The summed E-state index contributed by atoms with van der Waals surface area (Å²) < 4.78 is 21.3. The minimum absolute atomic E-state index is 0.0944. The Bertz CT molecular complexity index is 1070. The number of Topliss-reactive ketones (excluding diaryl/α,β-unsaturated/α-hetero) is 1. The number of carbonyl (C=O) groups is 2. The Morgan fingerprint density at radius 3 is 2.54 bits per heavy atom. The fraction of sp³-hybridized carbons (Fsp3) is 0.0909. The maximum atomic E-state index is 12.7. The molecule has 0 unspecified atom stereocenters. The lowest BCUT2D eigenvalue weighted by atomic mass is 10.1. The average Bonchev–Trinajstić information content (AvgIpc) is 3.35. The molecule has 0 fully saturated rings. The second kappa shape index (κ2) is 7.08. The summed E-state index contributed by atoms with van der Waals surface area (Å²) in [6.45, 7) is 1.73. The van der Waals surface area contributed by atoms with Crippen molar-refractivity contribution < 1.29 is 28.2 Å². The molecule has 0 aliphatic carbocycles. The Balaban J connectivity index is 1.60. The smallest absolute Gasteiger partial charge is 0.379 e. The monoisotopic (exact) mass is 376 g/mol. The molecule has 28 heavy (non-hydrogen) atoms. The number of ketones is 1. The molecule has 0 amide bonds. The van der Waals surface area contributed by atoms with Crippen LogP contribution in [0.1, 0.15) is 32.0 Å². The molecule has 3 aromatic rings. The van der Waals surface area contributed by atoms with Crippen molar-refractivity contribution in [2.24, 2.45) is 0 Å². The summed E-state index contributed by atoms with van der Waals surface area (Å²) in [6, 6.07) is 13.5. The quantitative estimate of drug-likeness (QED) is 0.381. The summed E-state index contributed by atoms with van der Waals surface area (Å²) in [6.07, 6.45) is 3.06. The van der Waals surface area contributed by atoms with E-state index in [4.69, 9.17) is 18.6 Å². The predicted molar refractivity (Wildman–Crippen MR) is 101 cm³/mol. The maximum absolute atomic E-state index is 12.7. The van der Waals surface area contributed by atoms with Gasteiger partial charge in [-0.2, -0.15) is 0 Å². The molecule has 2 aromatic carbocycles. The second-order valence-corrected chi connectivity index (χ2v) is 6.15. The third kappa shape index (κ3) is 3.16. The van der Waals surface area contributed by atoms with Gasteiger partial charge in [0.05, 0.1) is 18.9 Å². The van der Waals surface area contributed by atoms with Crippen LogP contribution in [0.3, 0.4) is 0 Å². The normalized spacial score (nSPS) is 13.9. The highest BCUT2D eigenvalue weighted by Crippen LogP contribution is 2.39. The van der Waals surface area contributed by atoms with Crippen LogP contribution in [0.15, 0.2) is 65.0 Å². The molecule has 6 heteroatoms. The SMILES string of the molecule is COc1ccc(/C=C2\Oc3c(ccc(OC(=O)c4ccco4)c3C)C2=O)cc1. The number of fused-ring (bicyclic) bond motifs is 1. The Labute approximate surface area is 160 Å². The molecule has 0 N–H and O–H groups in total. The molecule has 0 bridgehead atoms. The fourth-order valence-electron chi connectivity index (χ4n) is 2.87. The number of allylic oxidation sites excluding steroid dienone is 1. The maximum Gasteiger partial charge on any atom is 0.379 e. The lowest BCUT2D eigenvalue weighted by Crippen LogP contribution is -2.08. The lowest BCUT2D eigenvalue weighted by molar-refractivity contribution is 0.0700. The molecule has 1 aliphatic rings. The van der Waals surface area contributed by atoms with Crippen LogP contribution in [-0.4, -0.2) is 18.9 Å². The summed E-state index contributed by atoms with van der Waals surface area (Å²) in [7, 11) is 1.59. The van der Waals surface area contributed by atoms with Crippen LogP contribution in [0, 0.1) is 6.92 Å². The molecule has 140 valence electrons. The summed E-state index contributed by atoms with van der Waals surface area (Å²) in [5, 5.41) is 0. The van der Waals surface area contributed by atoms with E-state index in [1.165, 1.54) is 12.3 Å². The zero-order chi connectivity index (χ0) is 19.7. The number of benzene rings is 2. The number of carbonyl (C=O) groups excluding carboxylic acids is 2. The highest BCUT2D eigenvalue weighted by Gasteiger charge is 2.30. The zero-order valence-electron chi connectivity index (χ0n) is 15.2. The fourth-order valence-corrected chi connectivity index (χ4v) is 2.87. The topological polar surface area (TPSA) is 75.0 Å². The summed E-state index contributed by atoms with van der Waals surface area (Å²) in [5.74, 6) is 0.870. The first-order chi connectivity index (χ1) is 13.6. The molecule has 0 saturated heterocycles. The van der Waals surface area contributed by atoms with E-state index < -0.39 is 5.97 Å². The highest BCUT2D eigenvalue weighted by molar-refractivity contribution is 6.15. The van der Waals surface area contributed by atoms with Crippen LogP contribution in [0.4, 0.5) is 0 Å². The summed E-state index contributed by atoms with van der Waals surface area (Å²) >= 11 is 0. The van der Waals surface area contributed by atoms with Crippen molar-refractivity contribution in [2.45, 2.75) is 6.92 Å². The van der Waals surface area contributed by atoms with E-state index in [1.54, 1.807) is 50.4 Å². The largest absolute Gasteiger partial charge is 0.497 e. The molecule has 1 aliphatic heterocycles. The molecule has 0 saturated carbocycles. The van der Waals surface area contributed by atoms with Crippen LogP contribution < -0.4 is 14.2 Å². The van der Waals surface area contributed by atoms with E-state index >= 15 is 0 Å². The number of hydrogen-bond acceptors (Lipinski definition) is 6. The van der Waals surface area contributed by atoms with Gasteiger partial charge in [0.1, 0.15) is 17.2 Å². The van der Waals surface area contributed by atoms with Gasteiger partial charge in [-0.15, -0.1) is 0 Å². The molecule has 0 spiro atoms. The van der Waals surface area contributed by atoms with Gasteiger partial charge in [-0.05, 0) is 55.0 Å². The van der Waals surface area contributed by atoms with Crippen LogP contribution >= 0.6 is 0 Å². The molecule has 2 heterocycles. The number of ether oxygens (including phenoxy) is 3. The standard InChI is InChI=1S/C22H16O6/c1-13-17(28-22(24)18-4-3-11-26-18)10-9-16-20(23)19(27-21(13)16)12-14-5-7-15(25-2)8-6-14/h3-12H,1-2H3/b19-12-. The minimum atomic E-state index is -0.619. The summed E-state index contributed by atoms with van der Waals surface area (Å²) in [4.78, 5) is 24.8. The van der Waals surface area contributed by atoms with Gasteiger partial charge in [-0.1, -0.05) is 12.1 Å². The summed E-state index contributed by atoms with van der Waals surface area (Å²) in [5.41, 5.74) is 1.79. The third-order valence-corrected chi connectivity index (χ3v) is 4.38. The van der Waals surface area contributed by atoms with Gasteiger partial charge in [-0.25, -0.2) is 4.79 Å². The van der Waals surface area contributed by atoms with Gasteiger partial charge in [0.25, 0.3) is 0 Å². The Kier molecular flexibility index (Phi) is 4.45. The van der Waals surface area contributed by atoms with Crippen molar-refractivity contribution in [1.29, 1.82) is 0 Å². The lowest BCUT2D eigenvalue weighted by Gasteiger charge is -2.09. The van der Waals surface area contributed by atoms with Gasteiger partial charge >= 0.3 is 5.97 Å². The molecule has 0 radical (unpaired) electrons. The van der Waals surface area contributed by atoms with Gasteiger partial charge in [0.15, 0.2) is 5.76 Å². The van der Waals surface area contributed by atoms with E-state index in [2.05, 4.69) is 0 Å². The number of esters is 1. The number of furan rings is 1. The molecule has 1 aromatic heterocycles. The molecule has 6 nitrogen and oxygen atoms in total. The highest BCUT2D eigenvalue weighted by atomic mass is 16.5. The van der Waals surface area contributed by atoms with Crippen LogP contribution in [0.25, 0.3) is 6.08 Å². The van der Waals surface area contributed by atoms with Crippen molar-refractivity contribution in [1.82, 2.24) is 0 Å². The Hall–Kier alpha value is -3.80. The first-order valence-electron chi connectivity index (χ1n) is 8.54. The zero-order valence-corrected chi connectivity index (χ0v) is 15.2.